The number of halogens is 3. The van der Waals surface area contributed by atoms with Gasteiger partial charge >= 0.3 is 12.1 Å². The fourth-order valence-electron chi connectivity index (χ4n) is 2.84. The SMILES string of the molecule is COc1ccc([N-]c2oc(C(F)(F)F)[n+]3ccc4ccccc4c23)cc1. The highest BCUT2D eigenvalue weighted by Gasteiger charge is 2.46. The first kappa shape index (κ1) is 16.3. The summed E-state index contributed by atoms with van der Waals surface area (Å²) in [6, 6.07) is 15.4. The molecule has 0 amide bonds. The van der Waals surface area contributed by atoms with Gasteiger partial charge in [-0.3, -0.25) is 0 Å². The number of alkyl halides is 3. The number of nitrogens with zero attached hydrogens (tertiary/aromatic N) is 2. The zero-order valence-corrected chi connectivity index (χ0v) is 13.6. The van der Waals surface area contributed by atoms with E-state index in [9.17, 15) is 13.2 Å². The average Bonchev–Trinajstić information content (AvgIpc) is 3.02. The molecular weight excluding hydrogens is 345 g/mol. The lowest BCUT2D eigenvalue weighted by molar-refractivity contribution is -0.550. The number of fused-ring (bicyclic) bond motifs is 3. The average molecular weight is 358 g/mol. The molecule has 2 aromatic heterocycles. The summed E-state index contributed by atoms with van der Waals surface area (Å²) in [5.41, 5.74) is 0.731. The monoisotopic (exact) mass is 358 g/mol. The molecule has 0 unspecified atom stereocenters. The topological polar surface area (TPSA) is 40.6 Å². The highest BCUT2D eigenvalue weighted by molar-refractivity contribution is 5.99. The molecular formula is C19H13F3N2O2. The maximum absolute atomic E-state index is 13.4. The van der Waals surface area contributed by atoms with E-state index in [-0.39, 0.29) is 11.4 Å². The van der Waals surface area contributed by atoms with Crippen molar-refractivity contribution >= 4 is 27.9 Å². The van der Waals surface area contributed by atoms with E-state index in [0.717, 1.165) is 9.79 Å². The van der Waals surface area contributed by atoms with Crippen LogP contribution in [-0.4, -0.2) is 7.11 Å². The number of rotatable bonds is 3. The van der Waals surface area contributed by atoms with Crippen molar-refractivity contribution in [1.29, 1.82) is 0 Å². The van der Waals surface area contributed by atoms with Crippen molar-refractivity contribution in [2.24, 2.45) is 0 Å². The second-order valence-electron chi connectivity index (χ2n) is 5.64. The van der Waals surface area contributed by atoms with Crippen molar-refractivity contribution < 1.29 is 26.7 Å². The first-order chi connectivity index (χ1) is 12.5. The molecule has 132 valence electrons. The number of methoxy groups -OCH3 is 1. The predicted molar refractivity (Wildman–Crippen MR) is 90.0 cm³/mol. The summed E-state index contributed by atoms with van der Waals surface area (Å²) in [6.45, 7) is 0. The highest BCUT2D eigenvalue weighted by Crippen LogP contribution is 2.40. The van der Waals surface area contributed by atoms with E-state index >= 15 is 0 Å². The molecule has 4 nitrogen and oxygen atoms in total. The molecule has 0 aliphatic carbocycles. The summed E-state index contributed by atoms with van der Waals surface area (Å²) in [4.78, 5) is 0. The Kier molecular flexibility index (Phi) is 3.72. The summed E-state index contributed by atoms with van der Waals surface area (Å²) >= 11 is 0. The Bertz CT molecular complexity index is 1090. The minimum atomic E-state index is -4.64. The van der Waals surface area contributed by atoms with Crippen molar-refractivity contribution in [3.8, 4) is 5.75 Å². The molecule has 0 aliphatic heterocycles. The molecule has 2 heterocycles. The molecule has 0 radical (unpaired) electrons. The Labute approximate surface area is 146 Å². The molecule has 0 aliphatic rings. The van der Waals surface area contributed by atoms with Gasteiger partial charge in [-0.15, -0.1) is 10.1 Å². The quantitative estimate of drug-likeness (QED) is 0.452. The lowest BCUT2D eigenvalue weighted by Crippen LogP contribution is -2.29. The summed E-state index contributed by atoms with van der Waals surface area (Å²) in [5, 5.41) is 5.71. The highest BCUT2D eigenvalue weighted by atomic mass is 19.4. The molecule has 0 bridgehead atoms. The Morgan fingerprint density at radius 2 is 1.73 bits per heavy atom. The zero-order valence-electron chi connectivity index (χ0n) is 13.6. The van der Waals surface area contributed by atoms with Crippen molar-refractivity contribution in [2.45, 2.75) is 6.18 Å². The molecule has 26 heavy (non-hydrogen) atoms. The van der Waals surface area contributed by atoms with E-state index in [4.69, 9.17) is 9.15 Å². The number of hydrogen-bond donors (Lipinski definition) is 0. The third kappa shape index (κ3) is 2.71. The Hall–Kier alpha value is -3.22. The Balaban J connectivity index is 1.93. The predicted octanol–water partition coefficient (Wildman–Crippen LogP) is 5.54. The van der Waals surface area contributed by atoms with Crippen LogP contribution in [0.25, 0.3) is 21.6 Å². The van der Waals surface area contributed by atoms with Gasteiger partial charge in [0, 0.05) is 6.07 Å². The lowest BCUT2D eigenvalue weighted by atomic mass is 10.1. The third-order valence-electron chi connectivity index (χ3n) is 4.02. The van der Waals surface area contributed by atoms with Crippen molar-refractivity contribution in [2.75, 3.05) is 7.11 Å². The van der Waals surface area contributed by atoms with Gasteiger partial charge in [-0.25, -0.2) is 0 Å². The van der Waals surface area contributed by atoms with E-state index in [1.54, 1.807) is 42.5 Å². The first-order valence-electron chi connectivity index (χ1n) is 7.76. The number of pyridine rings is 1. The fraction of sp³-hybridized carbons (Fsp3) is 0.105. The molecule has 0 N–H and O–H groups in total. The Morgan fingerprint density at radius 1 is 1.00 bits per heavy atom. The van der Waals surface area contributed by atoms with Gasteiger partial charge < -0.3 is 14.5 Å². The maximum Gasteiger partial charge on any atom is 0.518 e. The van der Waals surface area contributed by atoms with Gasteiger partial charge in [0.1, 0.15) is 11.6 Å². The van der Waals surface area contributed by atoms with Crippen LogP contribution in [0.3, 0.4) is 0 Å². The molecule has 0 spiro atoms. The van der Waals surface area contributed by atoms with Crippen LogP contribution in [-0.2, 0) is 6.18 Å². The summed E-state index contributed by atoms with van der Waals surface area (Å²) in [6.07, 6.45) is -3.30. The van der Waals surface area contributed by atoms with Crippen LogP contribution in [0.2, 0.25) is 0 Å². The van der Waals surface area contributed by atoms with Crippen LogP contribution in [0, 0.1) is 0 Å². The van der Waals surface area contributed by atoms with Gasteiger partial charge in [0.2, 0.25) is 5.52 Å². The molecule has 0 saturated heterocycles. The van der Waals surface area contributed by atoms with Gasteiger partial charge in [-0.05, 0) is 23.6 Å². The van der Waals surface area contributed by atoms with E-state index in [2.05, 4.69) is 5.32 Å². The van der Waals surface area contributed by atoms with Crippen LogP contribution < -0.4 is 9.14 Å². The first-order valence-corrected chi connectivity index (χ1v) is 7.76. The van der Waals surface area contributed by atoms with Crippen LogP contribution >= 0.6 is 0 Å². The molecule has 0 fully saturated rings. The number of aromatic nitrogens is 1. The van der Waals surface area contributed by atoms with Gasteiger partial charge in [0.05, 0.1) is 12.5 Å². The zero-order chi connectivity index (χ0) is 18.3. The molecule has 4 aromatic rings. The smallest absolute Gasteiger partial charge is 0.518 e. The van der Waals surface area contributed by atoms with E-state index in [1.807, 2.05) is 12.1 Å². The largest absolute Gasteiger partial charge is 0.621 e. The number of oxazole rings is 1. The van der Waals surface area contributed by atoms with E-state index < -0.39 is 12.1 Å². The van der Waals surface area contributed by atoms with Gasteiger partial charge in [0.25, 0.3) is 0 Å². The van der Waals surface area contributed by atoms with Crippen LogP contribution in [0.5, 0.6) is 5.75 Å². The minimum absolute atomic E-state index is 0.0979. The third-order valence-corrected chi connectivity index (χ3v) is 4.02. The maximum atomic E-state index is 13.4. The molecule has 0 saturated carbocycles. The van der Waals surface area contributed by atoms with Gasteiger partial charge in [-0.2, -0.15) is 13.2 Å². The second-order valence-corrected chi connectivity index (χ2v) is 5.64. The van der Waals surface area contributed by atoms with Crippen molar-refractivity contribution in [1.82, 2.24) is 0 Å². The molecule has 0 atom stereocenters. The Morgan fingerprint density at radius 3 is 2.42 bits per heavy atom. The fourth-order valence-corrected chi connectivity index (χ4v) is 2.84. The number of ether oxygens (including phenoxy) is 1. The van der Waals surface area contributed by atoms with Crippen LogP contribution in [0.15, 0.2) is 65.2 Å². The van der Waals surface area contributed by atoms with E-state index in [1.165, 1.54) is 13.3 Å². The summed E-state index contributed by atoms with van der Waals surface area (Å²) < 4.78 is 51.4. The van der Waals surface area contributed by atoms with E-state index in [0.29, 0.717) is 16.8 Å². The molecule has 2 aromatic carbocycles. The lowest BCUT2D eigenvalue weighted by Gasteiger charge is -2.17. The van der Waals surface area contributed by atoms with Gasteiger partial charge in [-0.1, -0.05) is 30.3 Å². The minimum Gasteiger partial charge on any atom is -0.621 e. The van der Waals surface area contributed by atoms with Crippen molar-refractivity contribution in [3.05, 3.63) is 72.0 Å². The normalized spacial score (nSPS) is 11.8. The molecule has 7 heteroatoms. The summed E-state index contributed by atoms with van der Waals surface area (Å²) in [7, 11) is 1.53. The van der Waals surface area contributed by atoms with Crippen LogP contribution in [0.4, 0.5) is 24.7 Å². The summed E-state index contributed by atoms with van der Waals surface area (Å²) in [5.74, 6) is -0.589. The second kappa shape index (κ2) is 5.94. The van der Waals surface area contributed by atoms with Crippen molar-refractivity contribution in [3.63, 3.8) is 0 Å². The number of benzene rings is 2. The number of hydrogen-bond acceptors (Lipinski definition) is 2. The van der Waals surface area contributed by atoms with Gasteiger partial charge in [0.15, 0.2) is 6.20 Å². The standard InChI is InChI=1S/C19H13F3N2O2/c1-25-14-8-6-13(7-9-14)23-17-16-15-5-3-2-4-12(15)10-11-24(16)18(26-17)19(20,21)22/h2-11H,1H3. The van der Waals surface area contributed by atoms with Crippen LogP contribution in [0.1, 0.15) is 5.89 Å². The molecule has 4 rings (SSSR count).